The van der Waals surface area contributed by atoms with E-state index in [4.69, 9.17) is 15.2 Å². The van der Waals surface area contributed by atoms with Gasteiger partial charge in [0, 0.05) is 11.4 Å². The highest BCUT2D eigenvalue weighted by atomic mass is 16.5. The second kappa shape index (κ2) is 6.65. The second-order valence-corrected chi connectivity index (χ2v) is 4.55. The van der Waals surface area contributed by atoms with Crippen molar-refractivity contribution in [2.45, 2.75) is 13.0 Å². The summed E-state index contributed by atoms with van der Waals surface area (Å²) in [4.78, 5) is 12.0. The van der Waals surface area contributed by atoms with Crippen LogP contribution in [0, 0.1) is 0 Å². The number of carbonyl (C=O) groups is 1. The van der Waals surface area contributed by atoms with Crippen LogP contribution in [0.1, 0.15) is 6.92 Å². The van der Waals surface area contributed by atoms with Crippen LogP contribution in [0.2, 0.25) is 0 Å². The summed E-state index contributed by atoms with van der Waals surface area (Å²) >= 11 is 0. The lowest BCUT2D eigenvalue weighted by atomic mass is 10.2. The molecular formula is C16H18N2O3. The topological polar surface area (TPSA) is 73.6 Å². The molecule has 2 aromatic carbocycles. The molecule has 0 spiro atoms. The number of methoxy groups -OCH3 is 1. The van der Waals surface area contributed by atoms with Gasteiger partial charge in [-0.15, -0.1) is 0 Å². The molecule has 0 saturated heterocycles. The van der Waals surface area contributed by atoms with E-state index in [0.717, 1.165) is 5.75 Å². The van der Waals surface area contributed by atoms with Crippen LogP contribution >= 0.6 is 0 Å². The Morgan fingerprint density at radius 3 is 2.43 bits per heavy atom. The second-order valence-electron chi connectivity index (χ2n) is 4.55. The highest BCUT2D eigenvalue weighted by Crippen LogP contribution is 2.19. The van der Waals surface area contributed by atoms with Gasteiger partial charge < -0.3 is 20.5 Å². The molecule has 2 rings (SSSR count). The van der Waals surface area contributed by atoms with E-state index >= 15 is 0 Å². The summed E-state index contributed by atoms with van der Waals surface area (Å²) in [7, 11) is 1.59. The van der Waals surface area contributed by atoms with Crippen LogP contribution in [-0.4, -0.2) is 19.1 Å². The highest BCUT2D eigenvalue weighted by molar-refractivity contribution is 5.94. The summed E-state index contributed by atoms with van der Waals surface area (Å²) in [6, 6.07) is 14.1. The molecule has 1 atom stereocenters. The molecule has 0 aliphatic carbocycles. The van der Waals surface area contributed by atoms with Gasteiger partial charge in [-0.05, 0) is 49.4 Å². The van der Waals surface area contributed by atoms with Crippen LogP contribution in [0.15, 0.2) is 48.5 Å². The van der Waals surface area contributed by atoms with E-state index in [0.29, 0.717) is 17.1 Å². The summed E-state index contributed by atoms with van der Waals surface area (Å²) < 4.78 is 10.6. The van der Waals surface area contributed by atoms with Gasteiger partial charge in [0.25, 0.3) is 5.91 Å². The van der Waals surface area contributed by atoms with Crippen LogP contribution < -0.4 is 20.5 Å². The minimum absolute atomic E-state index is 0.239. The first kappa shape index (κ1) is 14.7. The predicted octanol–water partition coefficient (Wildman–Crippen LogP) is 2.68. The fourth-order valence-electron chi connectivity index (χ4n) is 1.77. The lowest BCUT2D eigenvalue weighted by Crippen LogP contribution is -2.30. The standard InChI is InChI=1S/C16H18N2O3/c1-11(21-15-8-6-14(20-2)7-9-15)16(19)18-13-5-3-4-12(17)10-13/h3-11H,17H2,1-2H3,(H,18,19)/t11-/m1/s1. The molecule has 0 aliphatic heterocycles. The van der Waals surface area contributed by atoms with Crippen molar-refractivity contribution in [3.05, 3.63) is 48.5 Å². The molecule has 0 aromatic heterocycles. The Hall–Kier alpha value is -2.69. The average molecular weight is 286 g/mol. The van der Waals surface area contributed by atoms with Crippen LogP contribution in [0.3, 0.4) is 0 Å². The zero-order chi connectivity index (χ0) is 15.2. The number of benzene rings is 2. The van der Waals surface area contributed by atoms with Crippen molar-refractivity contribution in [2.24, 2.45) is 0 Å². The first-order valence-electron chi connectivity index (χ1n) is 6.55. The third kappa shape index (κ3) is 4.14. The Kier molecular flexibility index (Phi) is 4.66. The molecule has 110 valence electrons. The third-order valence-corrected chi connectivity index (χ3v) is 2.90. The average Bonchev–Trinajstić information content (AvgIpc) is 2.48. The first-order valence-corrected chi connectivity index (χ1v) is 6.55. The number of ether oxygens (including phenoxy) is 2. The molecule has 0 unspecified atom stereocenters. The quantitative estimate of drug-likeness (QED) is 0.829. The molecule has 0 heterocycles. The molecule has 5 nitrogen and oxygen atoms in total. The van der Waals surface area contributed by atoms with E-state index in [1.807, 2.05) is 0 Å². The zero-order valence-corrected chi connectivity index (χ0v) is 12.0. The van der Waals surface area contributed by atoms with Crippen molar-refractivity contribution < 1.29 is 14.3 Å². The molecule has 3 N–H and O–H groups in total. The van der Waals surface area contributed by atoms with Gasteiger partial charge in [0.15, 0.2) is 6.10 Å². The lowest BCUT2D eigenvalue weighted by Gasteiger charge is -2.15. The van der Waals surface area contributed by atoms with Gasteiger partial charge >= 0.3 is 0 Å². The Balaban J connectivity index is 1.95. The monoisotopic (exact) mass is 286 g/mol. The molecule has 0 saturated carbocycles. The van der Waals surface area contributed by atoms with Crippen LogP contribution in [0.4, 0.5) is 11.4 Å². The number of nitrogens with two attached hydrogens (primary N) is 1. The number of carbonyl (C=O) groups excluding carboxylic acids is 1. The molecule has 0 aliphatic rings. The van der Waals surface area contributed by atoms with Gasteiger partial charge in [-0.1, -0.05) is 6.07 Å². The minimum Gasteiger partial charge on any atom is -0.497 e. The summed E-state index contributed by atoms with van der Waals surface area (Å²) in [5.74, 6) is 1.10. The van der Waals surface area contributed by atoms with E-state index in [1.54, 1.807) is 62.6 Å². The zero-order valence-electron chi connectivity index (χ0n) is 12.0. The van der Waals surface area contributed by atoms with Crippen LogP contribution in [0.25, 0.3) is 0 Å². The van der Waals surface area contributed by atoms with Gasteiger partial charge in [-0.2, -0.15) is 0 Å². The molecule has 2 aromatic rings. The number of nitrogen functional groups attached to an aromatic ring is 1. The van der Waals surface area contributed by atoms with Gasteiger partial charge in [0.05, 0.1) is 7.11 Å². The largest absolute Gasteiger partial charge is 0.497 e. The number of nitrogens with one attached hydrogen (secondary N) is 1. The summed E-state index contributed by atoms with van der Waals surface area (Å²) in [5, 5.41) is 2.76. The molecule has 0 radical (unpaired) electrons. The van der Waals surface area contributed by atoms with Crippen molar-refractivity contribution in [1.82, 2.24) is 0 Å². The maximum atomic E-state index is 12.0. The van der Waals surface area contributed by atoms with Gasteiger partial charge in [0.1, 0.15) is 11.5 Å². The summed E-state index contributed by atoms with van der Waals surface area (Å²) in [5.41, 5.74) is 6.90. The van der Waals surface area contributed by atoms with Crippen molar-refractivity contribution in [2.75, 3.05) is 18.2 Å². The smallest absolute Gasteiger partial charge is 0.265 e. The fraction of sp³-hybridized carbons (Fsp3) is 0.188. The van der Waals surface area contributed by atoms with Crippen molar-refractivity contribution in [3.8, 4) is 11.5 Å². The minimum atomic E-state index is -0.625. The van der Waals surface area contributed by atoms with E-state index < -0.39 is 6.10 Å². The Morgan fingerprint density at radius 1 is 1.14 bits per heavy atom. The van der Waals surface area contributed by atoms with Gasteiger partial charge in [-0.3, -0.25) is 4.79 Å². The first-order chi connectivity index (χ1) is 10.1. The Bertz CT molecular complexity index is 611. The fourth-order valence-corrected chi connectivity index (χ4v) is 1.77. The Labute approximate surface area is 123 Å². The number of amides is 1. The molecule has 5 heteroatoms. The van der Waals surface area contributed by atoms with E-state index in [2.05, 4.69) is 5.32 Å². The normalized spacial score (nSPS) is 11.5. The molecule has 0 fully saturated rings. The van der Waals surface area contributed by atoms with Crippen molar-refractivity contribution in [1.29, 1.82) is 0 Å². The lowest BCUT2D eigenvalue weighted by molar-refractivity contribution is -0.122. The van der Waals surface area contributed by atoms with Crippen molar-refractivity contribution in [3.63, 3.8) is 0 Å². The maximum Gasteiger partial charge on any atom is 0.265 e. The molecule has 21 heavy (non-hydrogen) atoms. The molecular weight excluding hydrogens is 268 g/mol. The third-order valence-electron chi connectivity index (χ3n) is 2.90. The summed E-state index contributed by atoms with van der Waals surface area (Å²) in [6.45, 7) is 1.69. The Morgan fingerprint density at radius 2 is 1.81 bits per heavy atom. The number of anilines is 2. The van der Waals surface area contributed by atoms with Crippen molar-refractivity contribution >= 4 is 17.3 Å². The van der Waals surface area contributed by atoms with E-state index in [1.165, 1.54) is 0 Å². The maximum absolute atomic E-state index is 12.0. The van der Waals surface area contributed by atoms with Gasteiger partial charge in [-0.25, -0.2) is 0 Å². The number of hydrogen-bond donors (Lipinski definition) is 2. The SMILES string of the molecule is COc1ccc(O[C@H](C)C(=O)Nc2cccc(N)c2)cc1. The molecule has 0 bridgehead atoms. The number of rotatable bonds is 5. The van der Waals surface area contributed by atoms with E-state index in [9.17, 15) is 4.79 Å². The molecule has 1 amide bonds. The number of hydrogen-bond acceptors (Lipinski definition) is 4. The summed E-state index contributed by atoms with van der Waals surface area (Å²) in [6.07, 6.45) is -0.625. The van der Waals surface area contributed by atoms with E-state index in [-0.39, 0.29) is 5.91 Å². The van der Waals surface area contributed by atoms with Crippen LogP contribution in [-0.2, 0) is 4.79 Å². The predicted molar refractivity (Wildman–Crippen MR) is 82.6 cm³/mol. The highest BCUT2D eigenvalue weighted by Gasteiger charge is 2.14. The van der Waals surface area contributed by atoms with Gasteiger partial charge in [0.2, 0.25) is 0 Å². The van der Waals surface area contributed by atoms with Crippen LogP contribution in [0.5, 0.6) is 11.5 Å².